The monoisotopic (exact) mass is 293 g/mol. The standard InChI is InChI=1S/C15H19NO5/c1-11(9-16-4-6-18-7-5-16)21-15(17)12-2-3-13-14(8-12)20-10-19-13/h2-3,8,11H,4-7,9-10H2,1H3. The Kier molecular flexibility index (Phi) is 4.26. The SMILES string of the molecule is CC(CN1CCOCC1)OC(=O)c1ccc2c(c1)OCO2. The minimum atomic E-state index is -0.339. The number of rotatable bonds is 4. The van der Waals surface area contributed by atoms with Gasteiger partial charge in [-0.3, -0.25) is 4.90 Å². The Morgan fingerprint density at radius 3 is 2.86 bits per heavy atom. The lowest BCUT2D eigenvalue weighted by molar-refractivity contribution is 0.000430. The molecule has 0 radical (unpaired) electrons. The van der Waals surface area contributed by atoms with E-state index >= 15 is 0 Å². The van der Waals surface area contributed by atoms with Crippen LogP contribution >= 0.6 is 0 Å². The van der Waals surface area contributed by atoms with Crippen molar-refractivity contribution in [2.24, 2.45) is 0 Å². The van der Waals surface area contributed by atoms with Gasteiger partial charge in [0, 0.05) is 19.6 Å². The Balaban J connectivity index is 1.55. The number of fused-ring (bicyclic) bond motifs is 1. The van der Waals surface area contributed by atoms with Gasteiger partial charge in [-0.2, -0.15) is 0 Å². The first-order valence-corrected chi connectivity index (χ1v) is 7.13. The maximum atomic E-state index is 12.1. The number of nitrogens with zero attached hydrogens (tertiary/aromatic N) is 1. The van der Waals surface area contributed by atoms with Crippen molar-refractivity contribution in [2.75, 3.05) is 39.6 Å². The number of carbonyl (C=O) groups excluding carboxylic acids is 1. The molecule has 3 rings (SSSR count). The maximum Gasteiger partial charge on any atom is 0.338 e. The van der Waals surface area contributed by atoms with Gasteiger partial charge in [-0.1, -0.05) is 0 Å². The van der Waals surface area contributed by atoms with Gasteiger partial charge in [-0.05, 0) is 25.1 Å². The van der Waals surface area contributed by atoms with Crippen LogP contribution in [0.4, 0.5) is 0 Å². The third kappa shape index (κ3) is 3.46. The number of hydrogen-bond donors (Lipinski definition) is 0. The summed E-state index contributed by atoms with van der Waals surface area (Å²) in [4.78, 5) is 14.4. The average molecular weight is 293 g/mol. The zero-order chi connectivity index (χ0) is 14.7. The molecule has 0 bridgehead atoms. The molecule has 21 heavy (non-hydrogen) atoms. The molecule has 0 spiro atoms. The minimum Gasteiger partial charge on any atom is -0.458 e. The summed E-state index contributed by atoms with van der Waals surface area (Å²) in [6.07, 6.45) is -0.166. The fraction of sp³-hybridized carbons (Fsp3) is 0.533. The van der Waals surface area contributed by atoms with Gasteiger partial charge in [0.25, 0.3) is 0 Å². The first-order chi connectivity index (χ1) is 10.2. The quantitative estimate of drug-likeness (QED) is 0.780. The molecule has 0 N–H and O–H groups in total. The van der Waals surface area contributed by atoms with Crippen LogP contribution in [0.1, 0.15) is 17.3 Å². The number of hydrogen-bond acceptors (Lipinski definition) is 6. The summed E-state index contributed by atoms with van der Waals surface area (Å²) >= 11 is 0. The van der Waals surface area contributed by atoms with E-state index in [1.165, 1.54) is 0 Å². The highest BCUT2D eigenvalue weighted by molar-refractivity contribution is 5.90. The van der Waals surface area contributed by atoms with Crippen LogP contribution in [0.15, 0.2) is 18.2 Å². The fourth-order valence-corrected chi connectivity index (χ4v) is 2.46. The Morgan fingerprint density at radius 2 is 2.05 bits per heavy atom. The third-order valence-corrected chi connectivity index (χ3v) is 3.54. The molecular weight excluding hydrogens is 274 g/mol. The zero-order valence-corrected chi connectivity index (χ0v) is 12.0. The molecule has 0 saturated carbocycles. The Labute approximate surface area is 123 Å². The van der Waals surface area contributed by atoms with Crippen molar-refractivity contribution in [3.8, 4) is 11.5 Å². The summed E-state index contributed by atoms with van der Waals surface area (Å²) in [5.41, 5.74) is 0.480. The lowest BCUT2D eigenvalue weighted by atomic mass is 10.2. The molecule has 2 heterocycles. The third-order valence-electron chi connectivity index (χ3n) is 3.54. The Hall–Kier alpha value is -1.79. The van der Waals surface area contributed by atoms with Crippen LogP contribution in [0.3, 0.4) is 0 Å². The van der Waals surface area contributed by atoms with Gasteiger partial charge in [-0.25, -0.2) is 4.79 Å². The van der Waals surface area contributed by atoms with Gasteiger partial charge in [0.1, 0.15) is 6.10 Å². The number of esters is 1. The number of ether oxygens (including phenoxy) is 4. The van der Waals surface area contributed by atoms with Crippen molar-refractivity contribution in [1.29, 1.82) is 0 Å². The van der Waals surface area contributed by atoms with Crippen molar-refractivity contribution in [3.05, 3.63) is 23.8 Å². The van der Waals surface area contributed by atoms with Crippen molar-refractivity contribution in [1.82, 2.24) is 4.90 Å². The number of benzene rings is 1. The minimum absolute atomic E-state index is 0.166. The van der Waals surface area contributed by atoms with Crippen LogP contribution in [0.2, 0.25) is 0 Å². The molecule has 114 valence electrons. The van der Waals surface area contributed by atoms with E-state index in [1.54, 1.807) is 18.2 Å². The summed E-state index contributed by atoms with van der Waals surface area (Å²) in [5.74, 6) is 0.909. The summed E-state index contributed by atoms with van der Waals surface area (Å²) in [6.45, 7) is 6.06. The molecule has 1 unspecified atom stereocenters. The van der Waals surface area contributed by atoms with Crippen molar-refractivity contribution in [3.63, 3.8) is 0 Å². The highest BCUT2D eigenvalue weighted by Crippen LogP contribution is 2.32. The fourth-order valence-electron chi connectivity index (χ4n) is 2.46. The molecule has 1 aromatic rings. The average Bonchev–Trinajstić information content (AvgIpc) is 2.95. The molecule has 0 amide bonds. The first kappa shape index (κ1) is 14.2. The van der Waals surface area contributed by atoms with Crippen molar-refractivity contribution >= 4 is 5.97 Å². The summed E-state index contributed by atoms with van der Waals surface area (Å²) < 4.78 is 21.3. The number of carbonyl (C=O) groups is 1. The topological polar surface area (TPSA) is 57.2 Å². The van der Waals surface area contributed by atoms with Crippen LogP contribution in [-0.2, 0) is 9.47 Å². The van der Waals surface area contributed by atoms with E-state index in [4.69, 9.17) is 18.9 Å². The highest BCUT2D eigenvalue weighted by atomic mass is 16.7. The van der Waals surface area contributed by atoms with Crippen LogP contribution in [-0.4, -0.2) is 56.6 Å². The van der Waals surface area contributed by atoms with Gasteiger partial charge in [0.2, 0.25) is 6.79 Å². The number of morpholine rings is 1. The lowest BCUT2D eigenvalue weighted by Gasteiger charge is -2.28. The molecule has 2 aliphatic rings. The molecule has 0 aliphatic carbocycles. The molecular formula is C15H19NO5. The largest absolute Gasteiger partial charge is 0.458 e. The first-order valence-electron chi connectivity index (χ1n) is 7.13. The van der Waals surface area contributed by atoms with Gasteiger partial charge < -0.3 is 18.9 Å². The van der Waals surface area contributed by atoms with E-state index < -0.39 is 0 Å². The lowest BCUT2D eigenvalue weighted by Crippen LogP contribution is -2.41. The van der Waals surface area contributed by atoms with Gasteiger partial charge in [0.15, 0.2) is 11.5 Å². The van der Waals surface area contributed by atoms with E-state index in [0.717, 1.165) is 32.8 Å². The Morgan fingerprint density at radius 1 is 1.29 bits per heavy atom. The van der Waals surface area contributed by atoms with Gasteiger partial charge in [-0.15, -0.1) is 0 Å². The molecule has 6 nitrogen and oxygen atoms in total. The van der Waals surface area contributed by atoms with Crippen LogP contribution in [0.5, 0.6) is 11.5 Å². The molecule has 0 aromatic heterocycles. The zero-order valence-electron chi connectivity index (χ0n) is 12.0. The predicted octanol–water partition coefficient (Wildman–Crippen LogP) is 1.29. The molecule has 1 atom stereocenters. The second kappa shape index (κ2) is 6.32. The summed E-state index contributed by atoms with van der Waals surface area (Å²) in [7, 11) is 0. The molecule has 6 heteroatoms. The smallest absolute Gasteiger partial charge is 0.338 e. The Bertz CT molecular complexity index is 513. The van der Waals surface area contributed by atoms with E-state index in [1.807, 2.05) is 6.92 Å². The van der Waals surface area contributed by atoms with Crippen molar-refractivity contribution < 1.29 is 23.7 Å². The van der Waals surface area contributed by atoms with Gasteiger partial charge >= 0.3 is 5.97 Å². The molecule has 2 aliphatic heterocycles. The second-order valence-corrected chi connectivity index (χ2v) is 5.20. The van der Waals surface area contributed by atoms with Crippen molar-refractivity contribution in [2.45, 2.75) is 13.0 Å². The second-order valence-electron chi connectivity index (χ2n) is 5.20. The predicted molar refractivity (Wildman–Crippen MR) is 74.7 cm³/mol. The van der Waals surface area contributed by atoms with Crippen LogP contribution in [0, 0.1) is 0 Å². The van der Waals surface area contributed by atoms with E-state index in [0.29, 0.717) is 17.1 Å². The van der Waals surface area contributed by atoms with E-state index in [2.05, 4.69) is 4.90 Å². The molecule has 1 aromatic carbocycles. The van der Waals surface area contributed by atoms with Gasteiger partial charge in [0.05, 0.1) is 18.8 Å². The van der Waals surface area contributed by atoms with Crippen LogP contribution < -0.4 is 9.47 Å². The highest BCUT2D eigenvalue weighted by Gasteiger charge is 2.20. The summed E-state index contributed by atoms with van der Waals surface area (Å²) in [6, 6.07) is 5.08. The van der Waals surface area contributed by atoms with E-state index in [9.17, 15) is 4.79 Å². The molecule has 1 fully saturated rings. The van der Waals surface area contributed by atoms with E-state index in [-0.39, 0.29) is 18.9 Å². The van der Waals surface area contributed by atoms with Crippen LogP contribution in [0.25, 0.3) is 0 Å². The molecule has 1 saturated heterocycles. The maximum absolute atomic E-state index is 12.1. The normalized spacial score (nSPS) is 19.3. The summed E-state index contributed by atoms with van der Waals surface area (Å²) in [5, 5.41) is 0.